The van der Waals surface area contributed by atoms with Crippen LogP contribution in [0.2, 0.25) is 0 Å². The molecule has 1 amide bonds. The Morgan fingerprint density at radius 2 is 1.76 bits per heavy atom. The quantitative estimate of drug-likeness (QED) is 0.749. The van der Waals surface area contributed by atoms with Gasteiger partial charge in [-0.25, -0.2) is 0 Å². The van der Waals surface area contributed by atoms with Gasteiger partial charge in [-0.3, -0.25) is 4.79 Å². The molecule has 21 heavy (non-hydrogen) atoms. The average molecular weight is 294 g/mol. The van der Waals surface area contributed by atoms with Crippen molar-refractivity contribution >= 4 is 5.91 Å². The lowest BCUT2D eigenvalue weighted by Gasteiger charge is -2.54. The Morgan fingerprint density at radius 3 is 2.29 bits per heavy atom. The summed E-state index contributed by atoms with van der Waals surface area (Å²) >= 11 is 0. The molecule has 1 unspecified atom stereocenters. The van der Waals surface area contributed by atoms with E-state index < -0.39 is 0 Å². The zero-order valence-corrected chi connectivity index (χ0v) is 14.5. The van der Waals surface area contributed by atoms with E-state index >= 15 is 0 Å². The first kappa shape index (κ1) is 16.8. The van der Waals surface area contributed by atoms with Crippen molar-refractivity contribution in [2.75, 3.05) is 32.7 Å². The Morgan fingerprint density at radius 1 is 1.14 bits per heavy atom. The molecular formula is C18H34N2O. The maximum Gasteiger partial charge on any atom is 0.222 e. The molecular weight excluding hydrogens is 260 g/mol. The predicted molar refractivity (Wildman–Crippen MR) is 88.2 cm³/mol. The molecule has 0 bridgehead atoms. The highest BCUT2D eigenvalue weighted by atomic mass is 16.2. The van der Waals surface area contributed by atoms with Gasteiger partial charge in [-0.15, -0.1) is 0 Å². The van der Waals surface area contributed by atoms with Crippen LogP contribution >= 0.6 is 0 Å². The van der Waals surface area contributed by atoms with Crippen molar-refractivity contribution in [3.05, 3.63) is 0 Å². The third-order valence-corrected chi connectivity index (χ3v) is 5.49. The highest BCUT2D eigenvalue weighted by molar-refractivity contribution is 5.77. The van der Waals surface area contributed by atoms with Crippen LogP contribution in [0.25, 0.3) is 0 Å². The fourth-order valence-corrected chi connectivity index (χ4v) is 3.71. The number of hydrogen-bond donors (Lipinski definition) is 0. The number of amides is 1. The molecule has 2 aliphatic heterocycles. The Bertz CT molecular complexity index is 337. The van der Waals surface area contributed by atoms with Crippen molar-refractivity contribution in [2.24, 2.45) is 17.3 Å². The maximum atomic E-state index is 12.2. The van der Waals surface area contributed by atoms with Crippen LogP contribution in [0.4, 0.5) is 0 Å². The summed E-state index contributed by atoms with van der Waals surface area (Å²) in [6.07, 6.45) is 5.57. The Labute approximate surface area is 131 Å². The monoisotopic (exact) mass is 294 g/mol. The second kappa shape index (κ2) is 7.13. The minimum atomic E-state index is 0.394. The third-order valence-electron chi connectivity index (χ3n) is 5.49. The fourth-order valence-electron chi connectivity index (χ4n) is 3.71. The van der Waals surface area contributed by atoms with Crippen molar-refractivity contribution in [1.82, 2.24) is 9.80 Å². The zero-order valence-electron chi connectivity index (χ0n) is 14.5. The molecule has 0 radical (unpaired) electrons. The topological polar surface area (TPSA) is 23.6 Å². The SMILES string of the molecule is CCC(C)CCC(=O)N1CC2(CCN(CC(C)C)CC2)C1. The van der Waals surface area contributed by atoms with E-state index in [0.717, 1.165) is 31.8 Å². The van der Waals surface area contributed by atoms with Crippen LogP contribution in [0, 0.1) is 17.3 Å². The van der Waals surface area contributed by atoms with Crippen LogP contribution in [0.3, 0.4) is 0 Å². The summed E-state index contributed by atoms with van der Waals surface area (Å²) in [4.78, 5) is 16.9. The lowest BCUT2D eigenvalue weighted by Crippen LogP contribution is -2.62. The van der Waals surface area contributed by atoms with Crippen LogP contribution in [-0.4, -0.2) is 48.4 Å². The summed E-state index contributed by atoms with van der Waals surface area (Å²) in [5.41, 5.74) is 0.472. The Balaban J connectivity index is 1.68. The van der Waals surface area contributed by atoms with Crippen LogP contribution in [0.5, 0.6) is 0 Å². The van der Waals surface area contributed by atoms with Crippen molar-refractivity contribution in [1.29, 1.82) is 0 Å². The Kier molecular flexibility index (Phi) is 5.70. The van der Waals surface area contributed by atoms with Gasteiger partial charge in [-0.2, -0.15) is 0 Å². The van der Waals surface area contributed by atoms with E-state index in [9.17, 15) is 4.79 Å². The number of likely N-dealkylation sites (tertiary alicyclic amines) is 2. The van der Waals surface area contributed by atoms with Gasteiger partial charge in [0.2, 0.25) is 5.91 Å². The molecule has 0 aromatic rings. The molecule has 0 aromatic carbocycles. The summed E-state index contributed by atoms with van der Waals surface area (Å²) in [5, 5.41) is 0. The van der Waals surface area contributed by atoms with E-state index in [1.54, 1.807) is 0 Å². The van der Waals surface area contributed by atoms with Gasteiger partial charge in [0.15, 0.2) is 0 Å². The highest BCUT2D eigenvalue weighted by Gasteiger charge is 2.46. The van der Waals surface area contributed by atoms with Crippen LogP contribution in [0.15, 0.2) is 0 Å². The molecule has 2 heterocycles. The third kappa shape index (κ3) is 4.45. The van der Waals surface area contributed by atoms with Crippen molar-refractivity contribution in [3.8, 4) is 0 Å². The standard InChI is InChI=1S/C18H34N2O/c1-5-16(4)6-7-17(21)20-13-18(14-20)8-10-19(11-9-18)12-15(2)3/h15-16H,5-14H2,1-4H3. The first-order valence-electron chi connectivity index (χ1n) is 8.94. The zero-order chi connectivity index (χ0) is 15.5. The lowest BCUT2D eigenvalue weighted by atomic mass is 9.71. The maximum absolute atomic E-state index is 12.2. The number of rotatable bonds is 6. The first-order valence-corrected chi connectivity index (χ1v) is 8.94. The molecule has 1 spiro atoms. The second-order valence-electron chi connectivity index (χ2n) is 8.00. The van der Waals surface area contributed by atoms with Gasteiger partial charge < -0.3 is 9.80 Å². The van der Waals surface area contributed by atoms with E-state index in [1.807, 2.05) is 0 Å². The van der Waals surface area contributed by atoms with E-state index in [-0.39, 0.29) is 0 Å². The normalized spacial score (nSPS) is 23.4. The van der Waals surface area contributed by atoms with Gasteiger partial charge in [0, 0.05) is 31.5 Å². The largest absolute Gasteiger partial charge is 0.341 e. The minimum absolute atomic E-state index is 0.394. The van der Waals surface area contributed by atoms with Gasteiger partial charge in [-0.1, -0.05) is 34.1 Å². The number of carbonyl (C=O) groups excluding carboxylic acids is 1. The summed E-state index contributed by atoms with van der Waals surface area (Å²) in [6.45, 7) is 14.8. The van der Waals surface area contributed by atoms with Gasteiger partial charge in [-0.05, 0) is 44.2 Å². The smallest absolute Gasteiger partial charge is 0.222 e. The van der Waals surface area contributed by atoms with E-state index in [1.165, 1.54) is 38.9 Å². The van der Waals surface area contributed by atoms with Crippen LogP contribution in [0.1, 0.15) is 59.8 Å². The van der Waals surface area contributed by atoms with Crippen molar-refractivity contribution < 1.29 is 4.79 Å². The van der Waals surface area contributed by atoms with Gasteiger partial charge in [0.05, 0.1) is 0 Å². The number of carbonyl (C=O) groups is 1. The molecule has 0 saturated carbocycles. The first-order chi connectivity index (χ1) is 9.94. The van der Waals surface area contributed by atoms with Gasteiger partial charge in [0.1, 0.15) is 0 Å². The summed E-state index contributed by atoms with van der Waals surface area (Å²) in [5.74, 6) is 1.84. The second-order valence-corrected chi connectivity index (χ2v) is 8.00. The molecule has 0 N–H and O–H groups in total. The molecule has 0 aliphatic carbocycles. The minimum Gasteiger partial charge on any atom is -0.341 e. The molecule has 122 valence electrons. The molecule has 2 fully saturated rings. The van der Waals surface area contributed by atoms with Crippen LogP contribution < -0.4 is 0 Å². The molecule has 1 atom stereocenters. The molecule has 2 aliphatic rings. The van der Waals surface area contributed by atoms with Crippen LogP contribution in [-0.2, 0) is 4.79 Å². The molecule has 3 heteroatoms. The summed E-state index contributed by atoms with van der Waals surface area (Å²) < 4.78 is 0. The number of hydrogen-bond acceptors (Lipinski definition) is 2. The van der Waals surface area contributed by atoms with E-state index in [4.69, 9.17) is 0 Å². The Hall–Kier alpha value is -0.570. The van der Waals surface area contributed by atoms with Gasteiger partial charge >= 0.3 is 0 Å². The molecule has 2 saturated heterocycles. The molecule has 2 rings (SSSR count). The molecule has 3 nitrogen and oxygen atoms in total. The highest BCUT2D eigenvalue weighted by Crippen LogP contribution is 2.40. The lowest BCUT2D eigenvalue weighted by molar-refractivity contribution is -0.147. The average Bonchev–Trinajstić information content (AvgIpc) is 2.42. The molecule has 0 aromatic heterocycles. The summed E-state index contributed by atoms with van der Waals surface area (Å²) in [7, 11) is 0. The summed E-state index contributed by atoms with van der Waals surface area (Å²) in [6, 6.07) is 0. The predicted octanol–water partition coefficient (Wildman–Crippen LogP) is 3.39. The fraction of sp³-hybridized carbons (Fsp3) is 0.944. The van der Waals surface area contributed by atoms with E-state index in [0.29, 0.717) is 17.2 Å². The van der Waals surface area contributed by atoms with Gasteiger partial charge in [0.25, 0.3) is 0 Å². The van der Waals surface area contributed by atoms with Crippen molar-refractivity contribution in [2.45, 2.75) is 59.8 Å². The van der Waals surface area contributed by atoms with Crippen molar-refractivity contribution in [3.63, 3.8) is 0 Å². The number of piperidine rings is 1. The van der Waals surface area contributed by atoms with E-state index in [2.05, 4.69) is 37.5 Å². The number of nitrogens with zero attached hydrogens (tertiary/aromatic N) is 2.